The van der Waals surface area contributed by atoms with Gasteiger partial charge in [-0.2, -0.15) is 0 Å². The zero-order chi connectivity index (χ0) is 25.2. The van der Waals surface area contributed by atoms with E-state index in [0.29, 0.717) is 25.0 Å². The van der Waals surface area contributed by atoms with Gasteiger partial charge in [0.2, 0.25) is 0 Å². The minimum atomic E-state index is -1.53. The smallest absolute Gasteiger partial charge is 0.460 e. The molecule has 0 aliphatic heterocycles. The van der Waals surface area contributed by atoms with Crippen molar-refractivity contribution in [2.75, 3.05) is 0 Å². The van der Waals surface area contributed by atoms with E-state index in [-0.39, 0.29) is 12.6 Å². The minimum absolute atomic E-state index is 0.205. The minimum Gasteiger partial charge on any atom is -0.460 e. The van der Waals surface area contributed by atoms with Crippen LogP contribution in [0.15, 0.2) is 115 Å². The molecule has 0 saturated heterocycles. The summed E-state index contributed by atoms with van der Waals surface area (Å²) in [6, 6.07) is 36.3. The number of nitrogens with zero attached hydrogens (tertiary/aromatic N) is 1. The molecule has 0 aliphatic rings. The highest BCUT2D eigenvalue weighted by Crippen LogP contribution is 2.19. The second-order valence-electron chi connectivity index (χ2n) is 8.80. The molecule has 4 aromatic rings. The summed E-state index contributed by atoms with van der Waals surface area (Å²) in [6.07, 6.45) is 0.426. The van der Waals surface area contributed by atoms with Crippen molar-refractivity contribution in [1.82, 2.24) is 4.90 Å². The predicted octanol–water partition coefficient (Wildman–Crippen LogP) is 3.72. The molecule has 5 nitrogen and oxygen atoms in total. The van der Waals surface area contributed by atoms with Gasteiger partial charge in [0.25, 0.3) is 0 Å². The number of benzene rings is 4. The third-order valence-corrected chi connectivity index (χ3v) is 6.10. The van der Waals surface area contributed by atoms with E-state index in [9.17, 15) is 14.8 Å². The van der Waals surface area contributed by atoms with Crippen LogP contribution < -0.4 is 5.46 Å². The van der Waals surface area contributed by atoms with Gasteiger partial charge in [0.05, 0.1) is 0 Å². The largest absolute Gasteiger partial charge is 0.488 e. The molecule has 0 spiro atoms. The topological polar surface area (TPSA) is 70.0 Å². The average Bonchev–Trinajstić information content (AvgIpc) is 2.92. The van der Waals surface area contributed by atoms with Crippen LogP contribution in [0.2, 0.25) is 0 Å². The molecule has 0 bridgehead atoms. The Kier molecular flexibility index (Phi) is 9.06. The van der Waals surface area contributed by atoms with Crippen LogP contribution in [-0.4, -0.2) is 34.1 Å². The Bertz CT molecular complexity index is 1160. The van der Waals surface area contributed by atoms with Gasteiger partial charge >= 0.3 is 13.1 Å². The lowest BCUT2D eigenvalue weighted by atomic mass is 9.80. The molecule has 4 aromatic carbocycles. The van der Waals surface area contributed by atoms with Gasteiger partial charge in [-0.1, -0.05) is 115 Å². The number of rotatable bonds is 11. The first-order valence-corrected chi connectivity index (χ1v) is 12.1. The Hall–Kier alpha value is -3.71. The number of carbonyl (C=O) groups is 1. The molecule has 4 rings (SSSR count). The summed E-state index contributed by atoms with van der Waals surface area (Å²) in [5, 5.41) is 18.9. The van der Waals surface area contributed by atoms with Crippen molar-refractivity contribution in [1.29, 1.82) is 0 Å². The molecule has 0 amide bonds. The lowest BCUT2D eigenvalue weighted by molar-refractivity contribution is -0.152. The molecule has 0 radical (unpaired) electrons. The molecule has 182 valence electrons. The third kappa shape index (κ3) is 7.39. The quantitative estimate of drug-likeness (QED) is 0.254. The van der Waals surface area contributed by atoms with Gasteiger partial charge in [-0.25, -0.2) is 0 Å². The van der Waals surface area contributed by atoms with Crippen molar-refractivity contribution in [3.05, 3.63) is 138 Å². The summed E-state index contributed by atoms with van der Waals surface area (Å²) in [4.78, 5) is 15.7. The maximum absolute atomic E-state index is 13.6. The Labute approximate surface area is 212 Å². The molecule has 0 saturated carbocycles. The van der Waals surface area contributed by atoms with E-state index in [1.54, 1.807) is 12.1 Å². The van der Waals surface area contributed by atoms with E-state index < -0.39 is 13.2 Å². The average molecular weight is 479 g/mol. The van der Waals surface area contributed by atoms with E-state index in [0.717, 1.165) is 22.3 Å². The van der Waals surface area contributed by atoms with Crippen LogP contribution in [0.4, 0.5) is 0 Å². The Morgan fingerprint density at radius 1 is 0.667 bits per heavy atom. The first-order chi connectivity index (χ1) is 17.6. The zero-order valence-corrected chi connectivity index (χ0v) is 20.1. The van der Waals surface area contributed by atoms with Gasteiger partial charge < -0.3 is 14.8 Å². The second kappa shape index (κ2) is 12.8. The summed E-state index contributed by atoms with van der Waals surface area (Å²) in [5.74, 6) is -0.294. The van der Waals surface area contributed by atoms with Crippen molar-refractivity contribution in [3.63, 3.8) is 0 Å². The van der Waals surface area contributed by atoms with E-state index in [1.165, 1.54) is 0 Å². The van der Waals surface area contributed by atoms with Crippen molar-refractivity contribution < 1.29 is 19.6 Å². The molecule has 0 fully saturated rings. The highest BCUT2D eigenvalue weighted by atomic mass is 16.5. The van der Waals surface area contributed by atoms with Crippen LogP contribution >= 0.6 is 0 Å². The van der Waals surface area contributed by atoms with Crippen molar-refractivity contribution in [2.45, 2.75) is 32.2 Å². The van der Waals surface area contributed by atoms with Gasteiger partial charge in [-0.15, -0.1) is 0 Å². The van der Waals surface area contributed by atoms with Crippen LogP contribution in [0.5, 0.6) is 0 Å². The first kappa shape index (κ1) is 25.4. The fraction of sp³-hybridized carbons (Fsp3) is 0.167. The van der Waals surface area contributed by atoms with Crippen LogP contribution in [0, 0.1) is 0 Å². The standard InChI is InChI=1S/C30H30BNO4/c33-30(36-23-27-14-8-3-9-15-27)29(20-24-16-18-28(19-17-24)31(34)35)32(21-25-10-4-1-5-11-25)22-26-12-6-2-7-13-26/h1-19,29,34-35H,20-23H2/t29-/m0/s1. The lowest BCUT2D eigenvalue weighted by Crippen LogP contribution is -2.43. The maximum atomic E-state index is 13.6. The normalized spacial score (nSPS) is 11.8. The number of hydrogen-bond acceptors (Lipinski definition) is 5. The van der Waals surface area contributed by atoms with E-state index in [2.05, 4.69) is 29.2 Å². The van der Waals surface area contributed by atoms with Gasteiger partial charge in [0.1, 0.15) is 12.6 Å². The number of hydrogen-bond donors (Lipinski definition) is 2. The number of esters is 1. The van der Waals surface area contributed by atoms with Gasteiger partial charge in [-0.3, -0.25) is 9.69 Å². The summed E-state index contributed by atoms with van der Waals surface area (Å²) < 4.78 is 5.82. The van der Waals surface area contributed by atoms with Crippen LogP contribution in [0.3, 0.4) is 0 Å². The molecule has 0 unspecified atom stereocenters. The summed E-state index contributed by atoms with van der Waals surface area (Å²) in [6.45, 7) is 1.36. The molecule has 6 heteroatoms. The molecule has 0 aromatic heterocycles. The molecular weight excluding hydrogens is 449 g/mol. The molecule has 2 N–H and O–H groups in total. The molecule has 1 atom stereocenters. The fourth-order valence-electron chi connectivity index (χ4n) is 4.15. The van der Waals surface area contributed by atoms with E-state index >= 15 is 0 Å². The number of carbonyl (C=O) groups excluding carboxylic acids is 1. The molecule has 0 heterocycles. The zero-order valence-electron chi connectivity index (χ0n) is 20.1. The Morgan fingerprint density at radius 2 is 1.14 bits per heavy atom. The summed E-state index contributed by atoms with van der Waals surface area (Å²) in [7, 11) is -1.53. The summed E-state index contributed by atoms with van der Waals surface area (Å²) >= 11 is 0. The van der Waals surface area contributed by atoms with E-state index in [4.69, 9.17) is 4.74 Å². The van der Waals surface area contributed by atoms with Gasteiger partial charge in [0, 0.05) is 13.1 Å². The molecule has 0 aliphatic carbocycles. The van der Waals surface area contributed by atoms with Gasteiger partial charge in [0.15, 0.2) is 0 Å². The third-order valence-electron chi connectivity index (χ3n) is 6.10. The van der Waals surface area contributed by atoms with E-state index in [1.807, 2.05) is 78.9 Å². The Balaban J connectivity index is 1.62. The SMILES string of the molecule is O=C(OCc1ccccc1)[C@H](Cc1ccc(B(O)O)cc1)N(Cc1ccccc1)Cc1ccccc1. The van der Waals surface area contributed by atoms with Crippen molar-refractivity contribution in [3.8, 4) is 0 Å². The maximum Gasteiger partial charge on any atom is 0.488 e. The molecule has 36 heavy (non-hydrogen) atoms. The monoisotopic (exact) mass is 479 g/mol. The van der Waals surface area contributed by atoms with Gasteiger partial charge in [-0.05, 0) is 34.1 Å². The first-order valence-electron chi connectivity index (χ1n) is 12.1. The predicted molar refractivity (Wildman–Crippen MR) is 142 cm³/mol. The number of ether oxygens (including phenoxy) is 1. The van der Waals surface area contributed by atoms with Crippen molar-refractivity contribution >= 4 is 18.6 Å². The van der Waals surface area contributed by atoms with Crippen LogP contribution in [0.1, 0.15) is 22.3 Å². The fourth-order valence-corrected chi connectivity index (χ4v) is 4.15. The molecular formula is C30H30BNO4. The van der Waals surface area contributed by atoms with Crippen LogP contribution in [-0.2, 0) is 35.6 Å². The second-order valence-corrected chi connectivity index (χ2v) is 8.80. The van der Waals surface area contributed by atoms with Crippen molar-refractivity contribution in [2.24, 2.45) is 0 Å². The lowest BCUT2D eigenvalue weighted by Gasteiger charge is -2.31. The summed E-state index contributed by atoms with van der Waals surface area (Å²) in [5.41, 5.74) is 4.46. The Morgan fingerprint density at radius 3 is 1.61 bits per heavy atom. The van der Waals surface area contributed by atoms with Crippen LogP contribution in [0.25, 0.3) is 0 Å². The highest BCUT2D eigenvalue weighted by molar-refractivity contribution is 6.58. The highest BCUT2D eigenvalue weighted by Gasteiger charge is 2.28.